The molecule has 1 saturated heterocycles. The minimum absolute atomic E-state index is 0.134. The number of benzene rings is 2. The van der Waals surface area contributed by atoms with Crippen LogP contribution in [0.2, 0.25) is 0 Å². The van der Waals surface area contributed by atoms with Crippen LogP contribution in [0.4, 0.5) is 14.5 Å². The summed E-state index contributed by atoms with van der Waals surface area (Å²) in [7, 11) is 1.65. The molecule has 0 radical (unpaired) electrons. The highest BCUT2D eigenvalue weighted by Crippen LogP contribution is 2.27. The molecule has 8 heteroatoms. The molecule has 2 aromatic carbocycles. The van der Waals surface area contributed by atoms with Crippen molar-refractivity contribution in [3.8, 4) is 5.75 Å². The third-order valence-corrected chi connectivity index (χ3v) is 5.70. The van der Waals surface area contributed by atoms with Crippen LogP contribution < -0.4 is 10.1 Å². The van der Waals surface area contributed by atoms with E-state index in [9.17, 15) is 8.78 Å². The van der Waals surface area contributed by atoms with Crippen molar-refractivity contribution in [2.24, 2.45) is 0 Å². The summed E-state index contributed by atoms with van der Waals surface area (Å²) in [6.07, 6.45) is 2.19. The number of para-hydroxylation sites is 1. The average Bonchev–Trinajstić information content (AvgIpc) is 3.22. The molecule has 2 aromatic rings. The summed E-state index contributed by atoms with van der Waals surface area (Å²) < 4.78 is 36.3. The standard InChI is InChI=1S/C21H24F2N2O2S2/c1-26-19-7-3-2-5-15(19)13-25(14-17-6-4-12-27-17)21(28)24-16-8-10-18(11-9-16)29-20(22)23/h2-3,5,7-11,17,20H,4,6,12-14H2,1H3,(H,24,28). The molecule has 3 rings (SSSR count). The van der Waals surface area contributed by atoms with Gasteiger partial charge in [-0.2, -0.15) is 8.78 Å². The summed E-state index contributed by atoms with van der Waals surface area (Å²) in [5, 5.41) is 3.77. The Labute approximate surface area is 179 Å². The molecule has 29 heavy (non-hydrogen) atoms. The third kappa shape index (κ3) is 6.55. The number of thioether (sulfide) groups is 1. The molecule has 0 spiro atoms. The molecular formula is C21H24F2N2O2S2. The number of ether oxygens (including phenoxy) is 2. The van der Waals surface area contributed by atoms with Gasteiger partial charge in [0.15, 0.2) is 5.11 Å². The van der Waals surface area contributed by atoms with Gasteiger partial charge in [0, 0.05) is 35.8 Å². The molecule has 0 amide bonds. The number of halogens is 2. The molecule has 1 atom stereocenters. The second kappa shape index (κ2) is 10.8. The first-order valence-corrected chi connectivity index (χ1v) is 10.7. The number of nitrogens with one attached hydrogen (secondary N) is 1. The Bertz CT molecular complexity index is 800. The van der Waals surface area contributed by atoms with Crippen molar-refractivity contribution >= 4 is 34.8 Å². The van der Waals surface area contributed by atoms with Crippen LogP contribution in [0.15, 0.2) is 53.4 Å². The maximum atomic E-state index is 12.5. The van der Waals surface area contributed by atoms with E-state index in [4.69, 9.17) is 21.7 Å². The predicted molar refractivity (Wildman–Crippen MR) is 117 cm³/mol. The van der Waals surface area contributed by atoms with E-state index in [1.807, 2.05) is 24.3 Å². The quantitative estimate of drug-likeness (QED) is 0.440. The van der Waals surface area contributed by atoms with Gasteiger partial charge in [-0.25, -0.2) is 0 Å². The lowest BCUT2D eigenvalue weighted by molar-refractivity contribution is 0.0903. The lowest BCUT2D eigenvalue weighted by Gasteiger charge is -2.29. The predicted octanol–water partition coefficient (Wildman–Crippen LogP) is 5.39. The van der Waals surface area contributed by atoms with Crippen molar-refractivity contribution in [1.82, 2.24) is 4.90 Å². The number of alkyl halides is 2. The number of anilines is 1. The molecule has 0 bridgehead atoms. The van der Waals surface area contributed by atoms with E-state index >= 15 is 0 Å². The summed E-state index contributed by atoms with van der Waals surface area (Å²) in [5.74, 6) is -1.63. The van der Waals surface area contributed by atoms with Crippen LogP contribution in [-0.2, 0) is 11.3 Å². The molecule has 1 aliphatic heterocycles. The molecule has 1 unspecified atom stereocenters. The molecule has 4 nitrogen and oxygen atoms in total. The van der Waals surface area contributed by atoms with Crippen molar-refractivity contribution in [3.05, 3.63) is 54.1 Å². The maximum absolute atomic E-state index is 12.5. The Morgan fingerprint density at radius 1 is 1.28 bits per heavy atom. The van der Waals surface area contributed by atoms with Crippen molar-refractivity contribution in [2.45, 2.75) is 36.1 Å². The third-order valence-electron chi connectivity index (χ3n) is 4.62. The molecule has 1 heterocycles. The first-order chi connectivity index (χ1) is 14.0. The van der Waals surface area contributed by atoms with Gasteiger partial charge in [-0.3, -0.25) is 0 Å². The second-order valence-electron chi connectivity index (χ2n) is 6.66. The highest BCUT2D eigenvalue weighted by atomic mass is 32.2. The topological polar surface area (TPSA) is 33.7 Å². The van der Waals surface area contributed by atoms with Crippen molar-refractivity contribution in [1.29, 1.82) is 0 Å². The molecule has 156 valence electrons. The van der Waals surface area contributed by atoms with Crippen LogP contribution in [-0.4, -0.2) is 42.1 Å². The van der Waals surface area contributed by atoms with Gasteiger partial charge in [0.1, 0.15) is 5.75 Å². The number of nitrogens with zero attached hydrogens (tertiary/aromatic N) is 1. The Morgan fingerprint density at radius 2 is 2.03 bits per heavy atom. The van der Waals surface area contributed by atoms with Gasteiger partial charge in [-0.1, -0.05) is 30.0 Å². The van der Waals surface area contributed by atoms with E-state index in [0.29, 0.717) is 34.9 Å². The van der Waals surface area contributed by atoms with E-state index < -0.39 is 5.76 Å². The van der Waals surface area contributed by atoms with Gasteiger partial charge < -0.3 is 19.7 Å². The molecule has 0 aliphatic carbocycles. The largest absolute Gasteiger partial charge is 0.496 e. The normalized spacial score (nSPS) is 16.1. The summed E-state index contributed by atoms with van der Waals surface area (Å²) in [6.45, 7) is 2.02. The fraction of sp³-hybridized carbons (Fsp3) is 0.381. The zero-order chi connectivity index (χ0) is 20.6. The van der Waals surface area contributed by atoms with Crippen LogP contribution in [0.5, 0.6) is 5.75 Å². The smallest absolute Gasteiger partial charge is 0.288 e. The zero-order valence-electron chi connectivity index (χ0n) is 16.1. The molecule has 0 saturated carbocycles. The summed E-state index contributed by atoms with van der Waals surface area (Å²) in [4.78, 5) is 2.58. The lowest BCUT2D eigenvalue weighted by atomic mass is 10.1. The molecular weight excluding hydrogens is 414 g/mol. The maximum Gasteiger partial charge on any atom is 0.288 e. The second-order valence-corrected chi connectivity index (χ2v) is 8.11. The van der Waals surface area contributed by atoms with E-state index in [0.717, 1.165) is 36.4 Å². The Morgan fingerprint density at radius 3 is 2.69 bits per heavy atom. The van der Waals surface area contributed by atoms with Crippen LogP contribution in [0, 0.1) is 0 Å². The fourth-order valence-electron chi connectivity index (χ4n) is 3.21. The number of methoxy groups -OCH3 is 1. The number of hydrogen-bond acceptors (Lipinski definition) is 4. The molecule has 0 aromatic heterocycles. The number of rotatable bonds is 8. The Hall–Kier alpha value is -1.90. The van der Waals surface area contributed by atoms with E-state index in [2.05, 4.69) is 10.2 Å². The Kier molecular flexibility index (Phi) is 8.09. The van der Waals surface area contributed by atoms with Crippen LogP contribution in [0.3, 0.4) is 0 Å². The van der Waals surface area contributed by atoms with Gasteiger partial charge in [0.2, 0.25) is 0 Å². The van der Waals surface area contributed by atoms with Crippen LogP contribution in [0.1, 0.15) is 18.4 Å². The van der Waals surface area contributed by atoms with Gasteiger partial charge in [-0.05, 0) is 55.4 Å². The van der Waals surface area contributed by atoms with Gasteiger partial charge >= 0.3 is 0 Å². The summed E-state index contributed by atoms with van der Waals surface area (Å²) in [5.41, 5.74) is 1.78. The zero-order valence-corrected chi connectivity index (χ0v) is 17.8. The lowest BCUT2D eigenvalue weighted by Crippen LogP contribution is -2.39. The molecule has 1 fully saturated rings. The van der Waals surface area contributed by atoms with Crippen molar-refractivity contribution < 1.29 is 18.3 Å². The highest BCUT2D eigenvalue weighted by Gasteiger charge is 2.22. The van der Waals surface area contributed by atoms with Gasteiger partial charge in [0.25, 0.3) is 5.76 Å². The van der Waals surface area contributed by atoms with Gasteiger partial charge in [-0.15, -0.1) is 0 Å². The minimum atomic E-state index is -2.43. The first-order valence-electron chi connectivity index (χ1n) is 9.39. The van der Waals surface area contributed by atoms with E-state index in [1.165, 1.54) is 0 Å². The monoisotopic (exact) mass is 438 g/mol. The summed E-state index contributed by atoms with van der Waals surface area (Å²) in [6, 6.07) is 14.7. The first kappa shape index (κ1) is 21.8. The number of hydrogen-bond donors (Lipinski definition) is 1. The van der Waals surface area contributed by atoms with Crippen LogP contribution >= 0.6 is 24.0 Å². The average molecular weight is 439 g/mol. The minimum Gasteiger partial charge on any atom is -0.496 e. The number of thiocarbonyl (C=S) groups is 1. The van der Waals surface area contributed by atoms with Crippen molar-refractivity contribution in [3.63, 3.8) is 0 Å². The van der Waals surface area contributed by atoms with Gasteiger partial charge in [0.05, 0.1) is 13.2 Å². The Balaban J connectivity index is 1.71. The van der Waals surface area contributed by atoms with E-state index in [1.54, 1.807) is 31.4 Å². The summed E-state index contributed by atoms with van der Waals surface area (Å²) >= 11 is 6.19. The molecule has 1 N–H and O–H groups in total. The molecule has 1 aliphatic rings. The highest BCUT2D eigenvalue weighted by molar-refractivity contribution is 7.99. The van der Waals surface area contributed by atoms with Crippen LogP contribution in [0.25, 0.3) is 0 Å². The fourth-order valence-corrected chi connectivity index (χ4v) is 3.97. The van der Waals surface area contributed by atoms with E-state index in [-0.39, 0.29) is 6.10 Å². The van der Waals surface area contributed by atoms with Crippen molar-refractivity contribution in [2.75, 3.05) is 25.6 Å². The SMILES string of the molecule is COc1ccccc1CN(CC1CCCO1)C(=S)Nc1ccc(SC(F)F)cc1.